The second kappa shape index (κ2) is 6.71. The van der Waals surface area contributed by atoms with E-state index in [4.69, 9.17) is 26.6 Å². The van der Waals surface area contributed by atoms with E-state index in [0.29, 0.717) is 29.0 Å². The van der Waals surface area contributed by atoms with Crippen molar-refractivity contribution in [3.8, 4) is 17.1 Å². The number of rotatable bonds is 6. The van der Waals surface area contributed by atoms with Gasteiger partial charge in [-0.1, -0.05) is 16.8 Å². The zero-order valence-electron chi connectivity index (χ0n) is 12.8. The summed E-state index contributed by atoms with van der Waals surface area (Å²) < 4.78 is 12.1. The molecule has 0 aliphatic carbocycles. The quantitative estimate of drug-likeness (QED) is 0.728. The minimum absolute atomic E-state index is 0.169. The molecule has 0 radical (unpaired) electrons. The van der Waals surface area contributed by atoms with Crippen molar-refractivity contribution in [3.63, 3.8) is 0 Å². The molecule has 1 amide bonds. The number of benzene rings is 1. The number of carbonyl (C=O) groups excluding carboxylic acids is 1. The van der Waals surface area contributed by atoms with Crippen LogP contribution in [-0.4, -0.2) is 32.4 Å². The zero-order chi connectivity index (χ0) is 17.1. The van der Waals surface area contributed by atoms with Crippen molar-refractivity contribution in [1.82, 2.24) is 19.9 Å². The zero-order valence-corrected chi connectivity index (χ0v) is 13.5. The molecule has 0 unspecified atom stereocenters. The van der Waals surface area contributed by atoms with Crippen molar-refractivity contribution in [2.75, 3.05) is 6.61 Å². The largest absolute Gasteiger partial charge is 0.484 e. The van der Waals surface area contributed by atoms with E-state index in [-0.39, 0.29) is 6.61 Å². The molecule has 3 rings (SSSR count). The highest BCUT2D eigenvalue weighted by Gasteiger charge is 2.12. The van der Waals surface area contributed by atoms with Crippen LogP contribution < -0.4 is 10.5 Å². The fourth-order valence-corrected chi connectivity index (χ4v) is 2.14. The number of carbonyl (C=O) groups is 1. The number of halogens is 1. The van der Waals surface area contributed by atoms with E-state index in [1.54, 1.807) is 35.1 Å². The molecule has 3 aromatic rings. The number of aromatic nitrogens is 4. The van der Waals surface area contributed by atoms with Crippen LogP contribution in [0, 0.1) is 6.92 Å². The summed E-state index contributed by atoms with van der Waals surface area (Å²) in [5, 5.41) is 8.67. The number of primary amides is 1. The van der Waals surface area contributed by atoms with Crippen LogP contribution in [0.1, 0.15) is 11.6 Å². The van der Waals surface area contributed by atoms with Crippen LogP contribution in [0.25, 0.3) is 11.4 Å². The van der Waals surface area contributed by atoms with E-state index in [1.165, 1.54) is 0 Å². The number of nitrogens with two attached hydrogens (primary N) is 1. The lowest BCUT2D eigenvalue weighted by Gasteiger charge is -2.03. The molecule has 9 heteroatoms. The fourth-order valence-electron chi connectivity index (χ4n) is 2.00. The van der Waals surface area contributed by atoms with Gasteiger partial charge in [0.1, 0.15) is 12.3 Å². The number of nitrogens with zero attached hydrogens (tertiary/aromatic N) is 4. The summed E-state index contributed by atoms with van der Waals surface area (Å²) in [5.74, 6) is 0.864. The van der Waals surface area contributed by atoms with E-state index in [0.717, 1.165) is 11.3 Å². The van der Waals surface area contributed by atoms with E-state index in [1.807, 2.05) is 6.92 Å². The van der Waals surface area contributed by atoms with Crippen LogP contribution in [0.2, 0.25) is 5.02 Å². The lowest BCUT2D eigenvalue weighted by atomic mass is 10.2. The van der Waals surface area contributed by atoms with Gasteiger partial charge >= 0.3 is 0 Å². The lowest BCUT2D eigenvalue weighted by molar-refractivity contribution is -0.119. The van der Waals surface area contributed by atoms with Crippen molar-refractivity contribution < 1.29 is 14.1 Å². The normalized spacial score (nSPS) is 10.8. The van der Waals surface area contributed by atoms with Crippen LogP contribution >= 0.6 is 11.6 Å². The maximum absolute atomic E-state index is 10.7. The van der Waals surface area contributed by atoms with Gasteiger partial charge in [-0.05, 0) is 31.2 Å². The summed E-state index contributed by atoms with van der Waals surface area (Å²) in [4.78, 5) is 15.0. The standard InChI is InChI=1S/C15H14ClN5O3/c1-9-12(16)6-18-21(9)7-14-19-15(20-24-14)10-2-4-11(5-3-10)23-8-13(17)22/h2-6H,7-8H2,1H3,(H2,17,22). The van der Waals surface area contributed by atoms with Gasteiger partial charge in [0.15, 0.2) is 6.61 Å². The summed E-state index contributed by atoms with van der Waals surface area (Å²) in [7, 11) is 0. The van der Waals surface area contributed by atoms with E-state index < -0.39 is 5.91 Å². The topological polar surface area (TPSA) is 109 Å². The van der Waals surface area contributed by atoms with Crippen LogP contribution in [-0.2, 0) is 11.3 Å². The van der Waals surface area contributed by atoms with E-state index >= 15 is 0 Å². The number of hydrogen-bond donors (Lipinski definition) is 1. The maximum Gasteiger partial charge on any atom is 0.255 e. The second-order valence-corrected chi connectivity index (χ2v) is 5.43. The van der Waals surface area contributed by atoms with E-state index in [2.05, 4.69) is 15.2 Å². The minimum atomic E-state index is -0.532. The van der Waals surface area contributed by atoms with Crippen LogP contribution in [0.15, 0.2) is 35.0 Å². The van der Waals surface area contributed by atoms with Crippen molar-refractivity contribution >= 4 is 17.5 Å². The summed E-state index contributed by atoms with van der Waals surface area (Å²) in [6.07, 6.45) is 1.57. The lowest BCUT2D eigenvalue weighted by Crippen LogP contribution is -2.19. The number of ether oxygens (including phenoxy) is 1. The van der Waals surface area contributed by atoms with Gasteiger partial charge < -0.3 is 15.0 Å². The highest BCUT2D eigenvalue weighted by atomic mass is 35.5. The highest BCUT2D eigenvalue weighted by molar-refractivity contribution is 6.31. The molecule has 0 aliphatic heterocycles. The van der Waals surface area contributed by atoms with Crippen LogP contribution in [0.5, 0.6) is 5.75 Å². The van der Waals surface area contributed by atoms with Crippen LogP contribution in [0.4, 0.5) is 0 Å². The van der Waals surface area contributed by atoms with Gasteiger partial charge in [-0.25, -0.2) is 0 Å². The van der Waals surface area contributed by atoms with Crippen molar-refractivity contribution in [2.45, 2.75) is 13.5 Å². The van der Waals surface area contributed by atoms with Gasteiger partial charge in [-0.3, -0.25) is 9.48 Å². The molecule has 24 heavy (non-hydrogen) atoms. The summed E-state index contributed by atoms with van der Waals surface area (Å²) in [6.45, 7) is 2.03. The molecular weight excluding hydrogens is 334 g/mol. The highest BCUT2D eigenvalue weighted by Crippen LogP contribution is 2.21. The molecule has 0 saturated carbocycles. The summed E-state index contributed by atoms with van der Waals surface area (Å²) in [5.41, 5.74) is 6.61. The third-order valence-corrected chi connectivity index (χ3v) is 3.66. The Morgan fingerprint density at radius 3 is 2.75 bits per heavy atom. The molecule has 2 aromatic heterocycles. The van der Waals surface area contributed by atoms with Gasteiger partial charge in [0.05, 0.1) is 16.9 Å². The van der Waals surface area contributed by atoms with E-state index in [9.17, 15) is 4.79 Å². The Kier molecular flexibility index (Phi) is 4.48. The maximum atomic E-state index is 10.7. The Hall–Kier alpha value is -2.87. The molecule has 0 aliphatic rings. The third-order valence-electron chi connectivity index (χ3n) is 3.29. The first-order valence-corrected chi connectivity index (χ1v) is 7.43. The molecule has 2 N–H and O–H groups in total. The summed E-state index contributed by atoms with van der Waals surface area (Å²) >= 11 is 5.97. The van der Waals surface area contributed by atoms with Gasteiger partial charge in [0, 0.05) is 5.56 Å². The monoisotopic (exact) mass is 347 g/mol. The molecule has 2 heterocycles. The van der Waals surface area contributed by atoms with Crippen molar-refractivity contribution in [1.29, 1.82) is 0 Å². The minimum Gasteiger partial charge on any atom is -0.484 e. The average molecular weight is 348 g/mol. The molecule has 0 bridgehead atoms. The number of hydrogen-bond acceptors (Lipinski definition) is 6. The van der Waals surface area contributed by atoms with Gasteiger partial charge in [0.25, 0.3) is 5.91 Å². The molecule has 124 valence electrons. The first-order chi connectivity index (χ1) is 11.5. The SMILES string of the molecule is Cc1c(Cl)cnn1Cc1nc(-c2ccc(OCC(N)=O)cc2)no1. The number of amides is 1. The van der Waals surface area contributed by atoms with Crippen molar-refractivity contribution in [2.24, 2.45) is 5.73 Å². The first kappa shape index (κ1) is 16.0. The molecule has 0 fully saturated rings. The smallest absolute Gasteiger partial charge is 0.255 e. The third kappa shape index (κ3) is 3.54. The molecule has 0 saturated heterocycles. The Morgan fingerprint density at radius 2 is 2.12 bits per heavy atom. The van der Waals surface area contributed by atoms with Gasteiger partial charge in [-0.2, -0.15) is 10.1 Å². The Bertz CT molecular complexity index is 856. The second-order valence-electron chi connectivity index (χ2n) is 5.03. The summed E-state index contributed by atoms with van der Waals surface area (Å²) in [6, 6.07) is 6.93. The molecule has 0 spiro atoms. The Labute approximate surface area is 142 Å². The Balaban J connectivity index is 1.71. The molecule has 1 aromatic carbocycles. The van der Waals surface area contributed by atoms with Crippen LogP contribution in [0.3, 0.4) is 0 Å². The Morgan fingerprint density at radius 1 is 1.38 bits per heavy atom. The van der Waals surface area contributed by atoms with Crippen molar-refractivity contribution in [3.05, 3.63) is 47.1 Å². The molecular formula is C15H14ClN5O3. The van der Waals surface area contributed by atoms with Gasteiger partial charge in [-0.15, -0.1) is 0 Å². The molecule has 8 nitrogen and oxygen atoms in total. The fraction of sp³-hybridized carbons (Fsp3) is 0.200. The van der Waals surface area contributed by atoms with Gasteiger partial charge in [0.2, 0.25) is 11.7 Å². The first-order valence-electron chi connectivity index (χ1n) is 7.05. The predicted molar refractivity (Wildman–Crippen MR) is 85.5 cm³/mol. The molecule has 0 atom stereocenters. The predicted octanol–water partition coefficient (Wildman–Crippen LogP) is 1.81. The average Bonchev–Trinajstić information content (AvgIpc) is 3.16.